The van der Waals surface area contributed by atoms with Crippen LogP contribution in [0.15, 0.2) is 82.8 Å². The summed E-state index contributed by atoms with van der Waals surface area (Å²) in [5.41, 5.74) is 4.24. The van der Waals surface area contributed by atoms with Crippen LogP contribution in [0, 0.1) is 0 Å². The molecule has 0 aliphatic carbocycles. The number of carbonyl (C=O) groups is 2. The number of rotatable bonds is 6. The van der Waals surface area contributed by atoms with Gasteiger partial charge in [-0.25, -0.2) is 0 Å². The molecule has 0 atom stereocenters. The van der Waals surface area contributed by atoms with Gasteiger partial charge in [-0.3, -0.25) is 19.6 Å². The Hall–Kier alpha value is -4.17. The molecule has 5 rings (SSSR count). The maximum Gasteiger partial charge on any atom is 0.255 e. The van der Waals surface area contributed by atoms with Crippen molar-refractivity contribution in [3.8, 4) is 0 Å². The largest absolute Gasteiger partial charge is 0.368 e. The fourth-order valence-electron chi connectivity index (χ4n) is 3.82. The van der Waals surface area contributed by atoms with Crippen LogP contribution < -0.4 is 21.3 Å². The van der Waals surface area contributed by atoms with E-state index in [2.05, 4.69) is 31.3 Å². The zero-order chi connectivity index (χ0) is 23.3. The van der Waals surface area contributed by atoms with Crippen molar-refractivity contribution in [2.75, 3.05) is 36.8 Å². The summed E-state index contributed by atoms with van der Waals surface area (Å²) < 4.78 is 0. The van der Waals surface area contributed by atoms with Crippen LogP contribution in [0.4, 0.5) is 11.4 Å². The van der Waals surface area contributed by atoms with Gasteiger partial charge in [-0.2, -0.15) is 0 Å². The molecule has 0 bridgehead atoms. The zero-order valence-corrected chi connectivity index (χ0v) is 19.7. The Kier molecular flexibility index (Phi) is 7.42. The molecule has 2 aliphatic rings. The van der Waals surface area contributed by atoms with E-state index >= 15 is 0 Å². The summed E-state index contributed by atoms with van der Waals surface area (Å²) >= 11 is 0. The van der Waals surface area contributed by atoms with Gasteiger partial charge in [0.15, 0.2) is 0 Å². The molecule has 9 heteroatoms. The lowest BCUT2D eigenvalue weighted by molar-refractivity contribution is 0.102. The van der Waals surface area contributed by atoms with E-state index in [1.165, 1.54) is 0 Å². The molecule has 0 saturated heterocycles. The van der Waals surface area contributed by atoms with Gasteiger partial charge >= 0.3 is 0 Å². The van der Waals surface area contributed by atoms with E-state index in [9.17, 15) is 9.59 Å². The lowest BCUT2D eigenvalue weighted by atomic mass is 10.1. The predicted octanol–water partition coefficient (Wildman–Crippen LogP) is 3.31. The SMILES string of the molecule is Cl.O=C(Nc1ccc(C(=O)Nc2cccc(C3=NCCN3)c2)cc1)c1ccc(C2=NCCN2)cc1. The van der Waals surface area contributed by atoms with E-state index in [0.29, 0.717) is 22.5 Å². The van der Waals surface area contributed by atoms with E-state index in [4.69, 9.17) is 0 Å². The number of hydrogen-bond acceptors (Lipinski definition) is 6. The minimum absolute atomic E-state index is 0. The molecule has 178 valence electrons. The summed E-state index contributed by atoms with van der Waals surface area (Å²) in [5, 5.41) is 12.2. The summed E-state index contributed by atoms with van der Waals surface area (Å²) in [7, 11) is 0. The third-order valence-electron chi connectivity index (χ3n) is 5.57. The Morgan fingerprint density at radius 2 is 1.20 bits per heavy atom. The van der Waals surface area contributed by atoms with Crippen LogP contribution in [0.2, 0.25) is 0 Å². The lowest BCUT2D eigenvalue weighted by Gasteiger charge is -2.09. The molecule has 0 saturated carbocycles. The number of anilines is 2. The summed E-state index contributed by atoms with van der Waals surface area (Å²) in [5.74, 6) is 1.26. The molecule has 3 aromatic carbocycles. The normalized spacial score (nSPS) is 14.1. The van der Waals surface area contributed by atoms with Crippen molar-refractivity contribution in [3.05, 3.63) is 95.1 Å². The first kappa shape index (κ1) is 24.0. The molecule has 0 spiro atoms. The van der Waals surface area contributed by atoms with Crippen LogP contribution in [-0.4, -0.2) is 49.7 Å². The van der Waals surface area contributed by atoms with Crippen molar-refractivity contribution in [1.29, 1.82) is 0 Å². The van der Waals surface area contributed by atoms with Gasteiger partial charge in [0.25, 0.3) is 11.8 Å². The Bertz CT molecular complexity index is 1290. The summed E-state index contributed by atoms with van der Waals surface area (Å²) in [6, 6.07) is 21.7. The second kappa shape index (κ2) is 10.8. The van der Waals surface area contributed by atoms with Gasteiger partial charge in [0, 0.05) is 46.7 Å². The van der Waals surface area contributed by atoms with Crippen molar-refractivity contribution < 1.29 is 9.59 Å². The first-order chi connectivity index (χ1) is 16.7. The number of halogens is 1. The molecule has 0 aromatic heterocycles. The first-order valence-corrected chi connectivity index (χ1v) is 11.2. The van der Waals surface area contributed by atoms with Gasteiger partial charge in [-0.1, -0.05) is 24.3 Å². The van der Waals surface area contributed by atoms with E-state index in [0.717, 1.165) is 49.0 Å². The fraction of sp³-hybridized carbons (Fsp3) is 0.154. The predicted molar refractivity (Wildman–Crippen MR) is 141 cm³/mol. The van der Waals surface area contributed by atoms with E-state index < -0.39 is 0 Å². The highest BCUT2D eigenvalue weighted by atomic mass is 35.5. The van der Waals surface area contributed by atoms with Crippen molar-refractivity contribution in [2.45, 2.75) is 0 Å². The van der Waals surface area contributed by atoms with Gasteiger partial charge in [0.2, 0.25) is 0 Å². The van der Waals surface area contributed by atoms with Crippen molar-refractivity contribution in [3.63, 3.8) is 0 Å². The number of hydrogen-bond donors (Lipinski definition) is 4. The number of amidine groups is 2. The quantitative estimate of drug-likeness (QED) is 0.427. The Balaban J connectivity index is 0.00000289. The van der Waals surface area contributed by atoms with Crippen LogP contribution in [0.5, 0.6) is 0 Å². The molecule has 35 heavy (non-hydrogen) atoms. The van der Waals surface area contributed by atoms with Crippen LogP contribution in [-0.2, 0) is 0 Å². The molecule has 0 radical (unpaired) electrons. The molecule has 4 N–H and O–H groups in total. The minimum atomic E-state index is -0.227. The third kappa shape index (κ3) is 5.67. The highest BCUT2D eigenvalue weighted by Gasteiger charge is 2.12. The molecular formula is C26H25ClN6O2. The number of nitrogens with one attached hydrogen (secondary N) is 4. The standard InChI is InChI=1S/C26H24N6O2.ClH/c33-25(18-6-4-17(5-7-18)23-27-12-13-28-23)31-21-10-8-19(9-11-21)26(34)32-22-3-1-2-20(16-22)24-29-14-15-30-24;/h1-11,16H,12-15H2,(H,27,28)(H,29,30)(H,31,33)(H,32,34);1H. The molecule has 3 aromatic rings. The average molecular weight is 489 g/mol. The average Bonchev–Trinajstić information content (AvgIpc) is 3.60. The number of benzene rings is 3. The molecule has 8 nitrogen and oxygen atoms in total. The minimum Gasteiger partial charge on any atom is -0.368 e. The van der Waals surface area contributed by atoms with Crippen LogP contribution in [0.1, 0.15) is 31.8 Å². The molecule has 0 fully saturated rings. The van der Waals surface area contributed by atoms with Crippen LogP contribution in [0.3, 0.4) is 0 Å². The molecule has 2 heterocycles. The van der Waals surface area contributed by atoms with Gasteiger partial charge in [0.1, 0.15) is 11.7 Å². The Morgan fingerprint density at radius 3 is 1.77 bits per heavy atom. The first-order valence-electron chi connectivity index (χ1n) is 11.2. The molecule has 0 unspecified atom stereocenters. The third-order valence-corrected chi connectivity index (χ3v) is 5.57. The topological polar surface area (TPSA) is 107 Å². The Morgan fingerprint density at radius 1 is 0.657 bits per heavy atom. The second-order valence-corrected chi connectivity index (χ2v) is 7.96. The molecular weight excluding hydrogens is 464 g/mol. The highest BCUT2D eigenvalue weighted by Crippen LogP contribution is 2.16. The Labute approximate surface area is 209 Å². The second-order valence-electron chi connectivity index (χ2n) is 7.96. The smallest absolute Gasteiger partial charge is 0.255 e. The monoisotopic (exact) mass is 488 g/mol. The summed E-state index contributed by atoms with van der Waals surface area (Å²) in [6.45, 7) is 3.19. The lowest BCUT2D eigenvalue weighted by Crippen LogP contribution is -2.20. The number of carbonyl (C=O) groups excluding carboxylic acids is 2. The van der Waals surface area contributed by atoms with Crippen molar-refractivity contribution in [1.82, 2.24) is 10.6 Å². The van der Waals surface area contributed by atoms with Gasteiger partial charge in [-0.05, 0) is 48.5 Å². The highest BCUT2D eigenvalue weighted by molar-refractivity contribution is 6.08. The molecule has 2 amide bonds. The van der Waals surface area contributed by atoms with Gasteiger partial charge in [-0.15, -0.1) is 12.4 Å². The molecule has 2 aliphatic heterocycles. The summed E-state index contributed by atoms with van der Waals surface area (Å²) in [6.07, 6.45) is 0. The number of aliphatic imine (C=N–C) groups is 2. The van der Waals surface area contributed by atoms with Crippen LogP contribution in [0.25, 0.3) is 0 Å². The van der Waals surface area contributed by atoms with Crippen LogP contribution >= 0.6 is 12.4 Å². The van der Waals surface area contributed by atoms with Crippen molar-refractivity contribution >= 4 is 47.3 Å². The number of nitrogens with zero attached hydrogens (tertiary/aromatic N) is 2. The number of amides is 2. The van der Waals surface area contributed by atoms with E-state index in [1.807, 2.05) is 36.4 Å². The fourth-order valence-corrected chi connectivity index (χ4v) is 3.82. The van der Waals surface area contributed by atoms with Gasteiger partial charge < -0.3 is 21.3 Å². The van der Waals surface area contributed by atoms with E-state index in [-0.39, 0.29) is 24.2 Å². The van der Waals surface area contributed by atoms with Gasteiger partial charge in [0.05, 0.1) is 13.1 Å². The van der Waals surface area contributed by atoms with Crippen molar-refractivity contribution in [2.24, 2.45) is 9.98 Å². The summed E-state index contributed by atoms with van der Waals surface area (Å²) in [4.78, 5) is 34.1. The zero-order valence-electron chi connectivity index (χ0n) is 18.9. The maximum atomic E-state index is 12.7. The van der Waals surface area contributed by atoms with E-state index in [1.54, 1.807) is 36.4 Å². The maximum absolute atomic E-state index is 12.7.